The monoisotopic (exact) mass is 194 g/mol. The molecule has 2 rings (SSSR count). The van der Waals surface area contributed by atoms with Crippen molar-refractivity contribution in [1.82, 2.24) is 15.0 Å². The van der Waals surface area contributed by atoms with E-state index in [0.717, 1.165) is 6.42 Å². The lowest BCUT2D eigenvalue weighted by Crippen LogP contribution is -2.37. The molecule has 74 valence electrons. The average Bonchev–Trinajstić information content (AvgIpc) is 2.67. The Balaban J connectivity index is 2.22. The number of aromatic nitrogens is 3. The molecule has 1 aromatic heterocycles. The van der Waals surface area contributed by atoms with Crippen LogP contribution in [0, 0.1) is 0 Å². The number of anilines is 1. The first-order valence-corrected chi connectivity index (χ1v) is 4.40. The molecule has 1 aliphatic heterocycles. The first kappa shape index (κ1) is 8.86. The van der Waals surface area contributed by atoms with E-state index in [1.54, 1.807) is 4.90 Å². The number of rotatable bonds is 2. The zero-order valence-electron chi connectivity index (χ0n) is 7.50. The summed E-state index contributed by atoms with van der Waals surface area (Å²) in [5, 5.41) is 8.93. The predicted octanol–water partition coefficient (Wildman–Crippen LogP) is -0.0750. The molecule has 14 heavy (non-hydrogen) atoms. The molecule has 1 aliphatic rings. The number of carboxylic acid groups (broad SMARTS) is 1. The zero-order chi connectivity index (χ0) is 9.97. The van der Waals surface area contributed by atoms with Crippen LogP contribution in [0.25, 0.3) is 0 Å². The van der Waals surface area contributed by atoms with Crippen molar-refractivity contribution in [2.45, 2.75) is 18.9 Å². The third-order valence-electron chi connectivity index (χ3n) is 2.27. The van der Waals surface area contributed by atoms with Crippen molar-refractivity contribution in [3.05, 3.63) is 12.7 Å². The van der Waals surface area contributed by atoms with Crippen LogP contribution in [0.2, 0.25) is 0 Å². The summed E-state index contributed by atoms with van der Waals surface area (Å²) in [6, 6.07) is -0.489. The van der Waals surface area contributed by atoms with Crippen LogP contribution in [0.3, 0.4) is 0 Å². The highest BCUT2D eigenvalue weighted by Gasteiger charge is 2.31. The van der Waals surface area contributed by atoms with Crippen molar-refractivity contribution in [3.63, 3.8) is 0 Å². The lowest BCUT2D eigenvalue weighted by Gasteiger charge is -2.20. The summed E-state index contributed by atoms with van der Waals surface area (Å²) in [6.07, 6.45) is 4.27. The van der Waals surface area contributed by atoms with Gasteiger partial charge in [-0.1, -0.05) is 0 Å². The van der Waals surface area contributed by atoms with E-state index in [9.17, 15) is 4.79 Å². The fourth-order valence-corrected chi connectivity index (χ4v) is 1.64. The standard InChI is InChI=1S/C8H10N4O2/c13-7(14)6-2-1-3-12(6)8-10-4-9-5-11-8/h4-6H,1-3H2,(H,13,14)/t6-/m0/s1. The van der Waals surface area contributed by atoms with Gasteiger partial charge >= 0.3 is 5.97 Å². The predicted molar refractivity (Wildman–Crippen MR) is 47.8 cm³/mol. The Bertz CT molecular complexity index is 329. The highest BCUT2D eigenvalue weighted by Crippen LogP contribution is 2.21. The van der Waals surface area contributed by atoms with Crippen LogP contribution in [0.4, 0.5) is 5.95 Å². The molecule has 1 saturated heterocycles. The summed E-state index contributed by atoms with van der Waals surface area (Å²) < 4.78 is 0. The lowest BCUT2D eigenvalue weighted by molar-refractivity contribution is -0.138. The Morgan fingerprint density at radius 2 is 2.21 bits per heavy atom. The number of carbonyl (C=O) groups is 1. The van der Waals surface area contributed by atoms with Gasteiger partial charge in [0.1, 0.15) is 18.7 Å². The molecule has 1 fully saturated rings. The number of hydrogen-bond donors (Lipinski definition) is 1. The molecule has 6 nitrogen and oxygen atoms in total. The summed E-state index contributed by atoms with van der Waals surface area (Å²) in [4.78, 5) is 24.1. The van der Waals surface area contributed by atoms with Crippen LogP contribution in [-0.4, -0.2) is 38.6 Å². The van der Waals surface area contributed by atoms with Gasteiger partial charge in [-0.05, 0) is 12.8 Å². The van der Waals surface area contributed by atoms with Crippen LogP contribution in [0.1, 0.15) is 12.8 Å². The van der Waals surface area contributed by atoms with E-state index in [0.29, 0.717) is 18.9 Å². The Morgan fingerprint density at radius 1 is 1.50 bits per heavy atom. The lowest BCUT2D eigenvalue weighted by atomic mass is 10.2. The van der Waals surface area contributed by atoms with E-state index in [4.69, 9.17) is 5.11 Å². The van der Waals surface area contributed by atoms with Gasteiger partial charge < -0.3 is 10.0 Å². The molecule has 0 aliphatic carbocycles. The summed E-state index contributed by atoms with van der Waals surface area (Å²) in [7, 11) is 0. The third-order valence-corrected chi connectivity index (χ3v) is 2.27. The quantitative estimate of drug-likeness (QED) is 0.709. The summed E-state index contributed by atoms with van der Waals surface area (Å²) in [5.41, 5.74) is 0. The van der Waals surface area contributed by atoms with Crippen molar-refractivity contribution >= 4 is 11.9 Å². The highest BCUT2D eigenvalue weighted by atomic mass is 16.4. The summed E-state index contributed by atoms with van der Waals surface area (Å²) in [6.45, 7) is 0.695. The molecular formula is C8H10N4O2. The Kier molecular flexibility index (Phi) is 2.26. The third kappa shape index (κ3) is 1.50. The Labute approximate surface area is 80.6 Å². The molecule has 1 N–H and O–H groups in total. The van der Waals surface area contributed by atoms with Crippen LogP contribution in [-0.2, 0) is 4.79 Å². The molecule has 0 bridgehead atoms. The van der Waals surface area contributed by atoms with Crippen molar-refractivity contribution in [3.8, 4) is 0 Å². The van der Waals surface area contributed by atoms with Crippen LogP contribution in [0.15, 0.2) is 12.7 Å². The van der Waals surface area contributed by atoms with Gasteiger partial charge in [0.05, 0.1) is 0 Å². The first-order chi connectivity index (χ1) is 6.79. The van der Waals surface area contributed by atoms with E-state index in [2.05, 4.69) is 15.0 Å². The Hall–Kier alpha value is -1.72. The highest BCUT2D eigenvalue weighted by molar-refractivity contribution is 5.77. The molecule has 0 unspecified atom stereocenters. The second-order valence-electron chi connectivity index (χ2n) is 3.13. The number of hydrogen-bond acceptors (Lipinski definition) is 5. The van der Waals surface area contributed by atoms with Crippen LogP contribution < -0.4 is 4.90 Å². The topological polar surface area (TPSA) is 79.2 Å². The van der Waals surface area contributed by atoms with Crippen LogP contribution in [0.5, 0.6) is 0 Å². The van der Waals surface area contributed by atoms with Crippen LogP contribution >= 0.6 is 0 Å². The first-order valence-electron chi connectivity index (χ1n) is 4.40. The fourth-order valence-electron chi connectivity index (χ4n) is 1.64. The van der Waals surface area contributed by atoms with Gasteiger partial charge in [-0.3, -0.25) is 0 Å². The summed E-state index contributed by atoms with van der Waals surface area (Å²) in [5.74, 6) is -0.368. The minimum absolute atomic E-state index is 0.449. The van der Waals surface area contributed by atoms with Crippen molar-refractivity contribution in [1.29, 1.82) is 0 Å². The van der Waals surface area contributed by atoms with Gasteiger partial charge in [0.15, 0.2) is 0 Å². The largest absolute Gasteiger partial charge is 0.480 e. The fraction of sp³-hybridized carbons (Fsp3) is 0.500. The average molecular weight is 194 g/mol. The molecule has 1 aromatic rings. The van der Waals surface area contributed by atoms with Gasteiger partial charge in [-0.15, -0.1) is 0 Å². The van der Waals surface area contributed by atoms with E-state index in [-0.39, 0.29) is 0 Å². The second kappa shape index (κ2) is 3.57. The van der Waals surface area contributed by atoms with Crippen molar-refractivity contribution in [2.75, 3.05) is 11.4 Å². The van der Waals surface area contributed by atoms with Crippen molar-refractivity contribution < 1.29 is 9.90 Å². The van der Waals surface area contributed by atoms with Crippen molar-refractivity contribution in [2.24, 2.45) is 0 Å². The van der Waals surface area contributed by atoms with Gasteiger partial charge in [0.2, 0.25) is 5.95 Å². The molecule has 0 amide bonds. The molecule has 0 saturated carbocycles. The minimum Gasteiger partial charge on any atom is -0.480 e. The number of nitrogens with zero attached hydrogens (tertiary/aromatic N) is 4. The van der Waals surface area contributed by atoms with E-state index in [1.165, 1.54) is 12.7 Å². The number of aliphatic carboxylic acids is 1. The van der Waals surface area contributed by atoms with Gasteiger partial charge in [0.25, 0.3) is 0 Å². The molecule has 2 heterocycles. The minimum atomic E-state index is -0.817. The van der Waals surface area contributed by atoms with Gasteiger partial charge in [-0.2, -0.15) is 0 Å². The molecule has 0 radical (unpaired) electrons. The zero-order valence-corrected chi connectivity index (χ0v) is 7.50. The summed E-state index contributed by atoms with van der Waals surface area (Å²) >= 11 is 0. The maximum atomic E-state index is 10.9. The molecule has 6 heteroatoms. The van der Waals surface area contributed by atoms with Gasteiger partial charge in [0, 0.05) is 6.54 Å². The van der Waals surface area contributed by atoms with E-state index < -0.39 is 12.0 Å². The van der Waals surface area contributed by atoms with Gasteiger partial charge in [-0.25, -0.2) is 19.7 Å². The van der Waals surface area contributed by atoms with E-state index in [1.807, 2.05) is 0 Å². The molecule has 0 spiro atoms. The van der Waals surface area contributed by atoms with E-state index >= 15 is 0 Å². The normalized spacial score (nSPS) is 21.1. The molecule has 1 atom stereocenters. The smallest absolute Gasteiger partial charge is 0.326 e. The maximum absolute atomic E-state index is 10.9. The second-order valence-corrected chi connectivity index (χ2v) is 3.13. The number of carboxylic acids is 1. The molecule has 0 aromatic carbocycles. The maximum Gasteiger partial charge on any atom is 0.326 e. The SMILES string of the molecule is O=C(O)[C@@H]1CCCN1c1ncncn1. The Morgan fingerprint density at radius 3 is 2.86 bits per heavy atom. The molecular weight excluding hydrogens is 184 g/mol.